The predicted molar refractivity (Wildman–Crippen MR) is 102 cm³/mol. The maximum Gasteiger partial charge on any atom is 0.313 e. The van der Waals surface area contributed by atoms with E-state index < -0.39 is 11.8 Å². The van der Waals surface area contributed by atoms with Crippen molar-refractivity contribution in [3.8, 4) is 0 Å². The first-order valence-electron chi connectivity index (χ1n) is 8.71. The summed E-state index contributed by atoms with van der Waals surface area (Å²) in [4.78, 5) is 25.7. The first kappa shape index (κ1) is 17.7. The van der Waals surface area contributed by atoms with Gasteiger partial charge in [-0.25, -0.2) is 0 Å². The first-order chi connectivity index (χ1) is 12.0. The Morgan fingerprint density at radius 1 is 1.08 bits per heavy atom. The molecule has 0 saturated heterocycles. The third-order valence-electron chi connectivity index (χ3n) is 5.16. The SMILES string of the molecule is Cc1ccc(NC(=O)C(=O)NCC2(c3cccs3)CCCC2)cc1C. The van der Waals surface area contributed by atoms with Gasteiger partial charge in [-0.2, -0.15) is 0 Å². The molecule has 2 amide bonds. The van der Waals surface area contributed by atoms with Crippen molar-refractivity contribution in [3.05, 3.63) is 51.7 Å². The molecule has 1 heterocycles. The smallest absolute Gasteiger partial charge is 0.313 e. The van der Waals surface area contributed by atoms with Gasteiger partial charge in [0.25, 0.3) is 0 Å². The van der Waals surface area contributed by atoms with E-state index >= 15 is 0 Å². The Morgan fingerprint density at radius 3 is 2.48 bits per heavy atom. The molecule has 0 bridgehead atoms. The van der Waals surface area contributed by atoms with E-state index in [1.54, 1.807) is 11.3 Å². The molecule has 5 heteroatoms. The second kappa shape index (κ2) is 7.40. The fourth-order valence-corrected chi connectivity index (χ4v) is 4.47. The first-order valence-corrected chi connectivity index (χ1v) is 9.59. The molecule has 0 radical (unpaired) electrons. The van der Waals surface area contributed by atoms with Crippen molar-refractivity contribution in [3.63, 3.8) is 0 Å². The highest BCUT2D eigenvalue weighted by atomic mass is 32.1. The lowest BCUT2D eigenvalue weighted by molar-refractivity contribution is -0.136. The fourth-order valence-electron chi connectivity index (χ4n) is 3.48. The highest BCUT2D eigenvalue weighted by Gasteiger charge is 2.37. The highest BCUT2D eigenvalue weighted by Crippen LogP contribution is 2.42. The molecule has 0 atom stereocenters. The number of thiophene rings is 1. The largest absolute Gasteiger partial charge is 0.347 e. The molecule has 1 aromatic heterocycles. The van der Waals surface area contributed by atoms with E-state index in [9.17, 15) is 9.59 Å². The van der Waals surface area contributed by atoms with Gasteiger partial charge in [-0.1, -0.05) is 25.0 Å². The maximum atomic E-state index is 12.2. The third kappa shape index (κ3) is 3.93. The maximum absolute atomic E-state index is 12.2. The molecule has 0 unspecified atom stereocenters. The van der Waals surface area contributed by atoms with Crippen LogP contribution >= 0.6 is 11.3 Å². The molecule has 132 valence electrons. The molecular formula is C20H24N2O2S. The summed E-state index contributed by atoms with van der Waals surface area (Å²) in [5, 5.41) is 7.61. The zero-order chi connectivity index (χ0) is 17.9. The van der Waals surface area contributed by atoms with E-state index in [-0.39, 0.29) is 5.41 Å². The summed E-state index contributed by atoms with van der Waals surface area (Å²) in [5.74, 6) is -1.18. The Labute approximate surface area is 152 Å². The monoisotopic (exact) mass is 356 g/mol. The van der Waals surface area contributed by atoms with Crippen molar-refractivity contribution in [1.82, 2.24) is 5.32 Å². The number of benzene rings is 1. The van der Waals surface area contributed by atoms with E-state index in [1.807, 2.05) is 38.1 Å². The zero-order valence-corrected chi connectivity index (χ0v) is 15.5. The van der Waals surface area contributed by atoms with Crippen LogP contribution < -0.4 is 10.6 Å². The number of rotatable bonds is 4. The number of hydrogen-bond donors (Lipinski definition) is 2. The second-order valence-corrected chi connectivity index (χ2v) is 7.85. The molecule has 1 aromatic carbocycles. The van der Waals surface area contributed by atoms with Crippen LogP contribution in [0, 0.1) is 13.8 Å². The topological polar surface area (TPSA) is 58.2 Å². The number of amides is 2. The summed E-state index contributed by atoms with van der Waals surface area (Å²) in [5.41, 5.74) is 2.88. The average molecular weight is 356 g/mol. The molecule has 1 aliphatic carbocycles. The zero-order valence-electron chi connectivity index (χ0n) is 14.7. The summed E-state index contributed by atoms with van der Waals surface area (Å²) in [6.45, 7) is 4.52. The number of aryl methyl sites for hydroxylation is 2. The molecule has 1 aliphatic rings. The summed E-state index contributed by atoms with van der Waals surface area (Å²) < 4.78 is 0. The van der Waals surface area contributed by atoms with Gasteiger partial charge in [0, 0.05) is 22.5 Å². The van der Waals surface area contributed by atoms with Gasteiger partial charge in [-0.05, 0) is 61.4 Å². The van der Waals surface area contributed by atoms with Crippen LogP contribution in [0.25, 0.3) is 0 Å². The van der Waals surface area contributed by atoms with Crippen LogP contribution in [0.1, 0.15) is 41.7 Å². The minimum absolute atomic E-state index is 0.00937. The Balaban J connectivity index is 1.61. The van der Waals surface area contributed by atoms with Crippen LogP contribution in [0.15, 0.2) is 35.7 Å². The standard InChI is InChI=1S/C20H24N2O2S/c1-14-7-8-16(12-15(14)2)22-19(24)18(23)21-13-20(9-3-4-10-20)17-6-5-11-25-17/h5-8,11-12H,3-4,9-10,13H2,1-2H3,(H,21,23)(H,22,24). The molecule has 0 spiro atoms. The van der Waals surface area contributed by atoms with Crippen molar-refractivity contribution in [1.29, 1.82) is 0 Å². The highest BCUT2D eigenvalue weighted by molar-refractivity contribution is 7.10. The van der Waals surface area contributed by atoms with Crippen molar-refractivity contribution in [2.24, 2.45) is 0 Å². The van der Waals surface area contributed by atoms with Crippen molar-refractivity contribution in [2.75, 3.05) is 11.9 Å². The van der Waals surface area contributed by atoms with E-state index in [4.69, 9.17) is 0 Å². The van der Waals surface area contributed by atoms with Crippen molar-refractivity contribution < 1.29 is 9.59 Å². The summed E-state index contributed by atoms with van der Waals surface area (Å²) in [7, 11) is 0. The Kier molecular flexibility index (Phi) is 5.23. The van der Waals surface area contributed by atoms with Crippen LogP contribution in [0.2, 0.25) is 0 Å². The van der Waals surface area contributed by atoms with E-state index in [0.717, 1.165) is 24.0 Å². The normalized spacial score (nSPS) is 15.8. The molecule has 2 N–H and O–H groups in total. The van der Waals surface area contributed by atoms with Crippen LogP contribution in [0.3, 0.4) is 0 Å². The van der Waals surface area contributed by atoms with Gasteiger partial charge in [-0.15, -0.1) is 11.3 Å². The Morgan fingerprint density at radius 2 is 1.84 bits per heavy atom. The van der Waals surface area contributed by atoms with Gasteiger partial charge in [0.1, 0.15) is 0 Å². The second-order valence-electron chi connectivity index (χ2n) is 6.90. The van der Waals surface area contributed by atoms with Crippen LogP contribution in [0.4, 0.5) is 5.69 Å². The lowest BCUT2D eigenvalue weighted by atomic mass is 9.84. The van der Waals surface area contributed by atoms with Crippen LogP contribution in [-0.2, 0) is 15.0 Å². The lowest BCUT2D eigenvalue weighted by Gasteiger charge is -2.28. The Hall–Kier alpha value is -2.14. The van der Waals surface area contributed by atoms with Gasteiger partial charge in [0.05, 0.1) is 0 Å². The molecule has 3 rings (SSSR count). The van der Waals surface area contributed by atoms with E-state index in [1.165, 1.54) is 17.7 Å². The number of anilines is 1. The summed E-state index contributed by atoms with van der Waals surface area (Å²) in [6.07, 6.45) is 4.46. The summed E-state index contributed by atoms with van der Waals surface area (Å²) in [6, 6.07) is 9.82. The minimum Gasteiger partial charge on any atom is -0.347 e. The van der Waals surface area contributed by atoms with Gasteiger partial charge >= 0.3 is 11.8 Å². The number of carbonyl (C=O) groups is 2. The molecule has 2 aromatic rings. The average Bonchev–Trinajstić information content (AvgIpc) is 3.27. The van der Waals surface area contributed by atoms with Gasteiger partial charge in [0.2, 0.25) is 0 Å². The molecule has 25 heavy (non-hydrogen) atoms. The van der Waals surface area contributed by atoms with Gasteiger partial charge in [0.15, 0.2) is 0 Å². The van der Waals surface area contributed by atoms with Crippen molar-refractivity contribution >= 4 is 28.8 Å². The molecular weight excluding hydrogens is 332 g/mol. The molecule has 1 saturated carbocycles. The fraction of sp³-hybridized carbons (Fsp3) is 0.400. The number of carbonyl (C=O) groups excluding carboxylic acids is 2. The summed E-state index contributed by atoms with van der Waals surface area (Å²) >= 11 is 1.73. The quantitative estimate of drug-likeness (QED) is 0.816. The van der Waals surface area contributed by atoms with Crippen molar-refractivity contribution in [2.45, 2.75) is 44.9 Å². The minimum atomic E-state index is -0.609. The molecule has 4 nitrogen and oxygen atoms in total. The van der Waals surface area contributed by atoms with Gasteiger partial charge in [-0.3, -0.25) is 9.59 Å². The van der Waals surface area contributed by atoms with E-state index in [2.05, 4.69) is 22.1 Å². The van der Waals surface area contributed by atoms with Gasteiger partial charge < -0.3 is 10.6 Å². The van der Waals surface area contributed by atoms with E-state index in [0.29, 0.717) is 12.2 Å². The predicted octanol–water partition coefficient (Wildman–Crippen LogP) is 3.93. The third-order valence-corrected chi connectivity index (χ3v) is 6.28. The van der Waals surface area contributed by atoms with Crippen LogP contribution in [0.5, 0.6) is 0 Å². The Bertz CT molecular complexity index is 762. The number of nitrogens with one attached hydrogen (secondary N) is 2. The molecule has 1 fully saturated rings. The number of hydrogen-bond acceptors (Lipinski definition) is 3. The van der Waals surface area contributed by atoms with Crippen LogP contribution in [-0.4, -0.2) is 18.4 Å². The lowest BCUT2D eigenvalue weighted by Crippen LogP contribution is -2.43. The molecule has 0 aliphatic heterocycles.